The van der Waals surface area contributed by atoms with Crippen LogP contribution in [0.15, 0.2) is 59.4 Å². The molecule has 1 unspecified atom stereocenters. The van der Waals surface area contributed by atoms with Crippen molar-refractivity contribution in [1.82, 2.24) is 4.57 Å². The van der Waals surface area contributed by atoms with Crippen LogP contribution in [0.3, 0.4) is 0 Å². The van der Waals surface area contributed by atoms with E-state index in [2.05, 4.69) is 13.0 Å². The van der Waals surface area contributed by atoms with Gasteiger partial charge in [-0.15, -0.1) is 0 Å². The molecule has 5 heteroatoms. The van der Waals surface area contributed by atoms with Crippen LogP contribution in [-0.2, 0) is 17.7 Å². The Balaban J connectivity index is 1.66. The van der Waals surface area contributed by atoms with Crippen LogP contribution in [0, 0.1) is 18.3 Å². The predicted octanol–water partition coefficient (Wildman–Crippen LogP) is 5.02. The van der Waals surface area contributed by atoms with Crippen LogP contribution in [0.1, 0.15) is 65.8 Å². The van der Waals surface area contributed by atoms with Gasteiger partial charge in [-0.2, -0.15) is 5.26 Å². The largest absolute Gasteiger partial charge is 0.461 e. The molecule has 0 fully saturated rings. The summed E-state index contributed by atoms with van der Waals surface area (Å²) in [7, 11) is 0. The lowest BCUT2D eigenvalue weighted by Gasteiger charge is -2.46. The Bertz CT molecular complexity index is 1270. The van der Waals surface area contributed by atoms with Crippen molar-refractivity contribution in [2.45, 2.75) is 58.0 Å². The Labute approximate surface area is 187 Å². The molecule has 0 N–H and O–H groups in total. The van der Waals surface area contributed by atoms with E-state index in [1.807, 2.05) is 55.5 Å². The molecule has 0 saturated heterocycles. The molecule has 162 valence electrons. The Morgan fingerprint density at radius 2 is 2.00 bits per heavy atom. The second kappa shape index (κ2) is 7.96. The van der Waals surface area contributed by atoms with Crippen LogP contribution in [-0.4, -0.2) is 10.4 Å². The van der Waals surface area contributed by atoms with Crippen LogP contribution >= 0.6 is 0 Å². The van der Waals surface area contributed by atoms with Crippen molar-refractivity contribution in [1.29, 1.82) is 5.26 Å². The number of nitriles is 1. The molecule has 3 aromatic rings. The predicted molar refractivity (Wildman–Crippen MR) is 122 cm³/mol. The second-order valence-electron chi connectivity index (χ2n) is 8.76. The van der Waals surface area contributed by atoms with Crippen molar-refractivity contribution in [3.8, 4) is 11.8 Å². The molecule has 5 rings (SSSR count). The number of ether oxygens (including phenoxy) is 2. The first kappa shape index (κ1) is 20.5. The Morgan fingerprint density at radius 3 is 2.75 bits per heavy atom. The van der Waals surface area contributed by atoms with Crippen LogP contribution in [0.25, 0.3) is 0 Å². The molecule has 0 saturated carbocycles. The fourth-order valence-corrected chi connectivity index (χ4v) is 4.86. The molecular formula is C27H26N2O3. The fraction of sp³-hybridized carbons (Fsp3) is 0.333. The highest BCUT2D eigenvalue weighted by Gasteiger charge is 2.48. The molecule has 2 aliphatic rings. The van der Waals surface area contributed by atoms with Crippen molar-refractivity contribution in [3.05, 3.63) is 98.5 Å². The Kier molecular flexibility index (Phi) is 5.11. The average Bonchev–Trinajstić information content (AvgIpc) is 2.80. The molecule has 0 spiro atoms. The van der Waals surface area contributed by atoms with Crippen molar-refractivity contribution in [2.75, 3.05) is 0 Å². The van der Waals surface area contributed by atoms with Crippen LogP contribution in [0.2, 0.25) is 0 Å². The van der Waals surface area contributed by atoms with Gasteiger partial charge in [-0.25, -0.2) is 0 Å². The van der Waals surface area contributed by atoms with E-state index in [1.165, 1.54) is 0 Å². The molecule has 2 aliphatic heterocycles. The van der Waals surface area contributed by atoms with Crippen molar-refractivity contribution >= 4 is 0 Å². The number of fused-ring (bicyclic) bond motifs is 6. The summed E-state index contributed by atoms with van der Waals surface area (Å²) in [6, 6.07) is 19.8. The molecule has 1 aromatic heterocycles. The van der Waals surface area contributed by atoms with Crippen molar-refractivity contribution in [2.24, 2.45) is 0 Å². The lowest BCUT2D eigenvalue weighted by Crippen LogP contribution is -2.51. The van der Waals surface area contributed by atoms with Crippen LogP contribution in [0.5, 0.6) is 5.75 Å². The SMILES string of the molecule is CCCC[C@]12Cc3cc(C#N)ccc3C(O1)c1c(cc(C)n(Cc3ccccc3)c1=O)O2. The van der Waals surface area contributed by atoms with Gasteiger partial charge in [0.15, 0.2) is 0 Å². The molecule has 0 amide bonds. The Hall–Kier alpha value is -3.36. The summed E-state index contributed by atoms with van der Waals surface area (Å²) in [4.78, 5) is 13.7. The van der Waals surface area contributed by atoms with E-state index in [9.17, 15) is 10.1 Å². The number of hydrogen-bond donors (Lipinski definition) is 0. The molecular weight excluding hydrogens is 400 g/mol. The summed E-state index contributed by atoms with van der Waals surface area (Å²) in [6.07, 6.45) is 2.79. The zero-order valence-corrected chi connectivity index (χ0v) is 18.4. The van der Waals surface area contributed by atoms with Crippen LogP contribution in [0.4, 0.5) is 0 Å². The quantitative estimate of drug-likeness (QED) is 0.575. The van der Waals surface area contributed by atoms with Gasteiger partial charge in [0.1, 0.15) is 11.9 Å². The van der Waals surface area contributed by atoms with Gasteiger partial charge in [-0.1, -0.05) is 49.7 Å². The first-order valence-electron chi connectivity index (χ1n) is 11.2. The third kappa shape index (κ3) is 3.41. The van der Waals surface area contributed by atoms with E-state index in [1.54, 1.807) is 10.6 Å². The summed E-state index contributed by atoms with van der Waals surface area (Å²) < 4.78 is 14.8. The van der Waals surface area contributed by atoms with E-state index in [0.717, 1.165) is 41.6 Å². The van der Waals surface area contributed by atoms with Gasteiger partial charge in [0, 0.05) is 24.6 Å². The van der Waals surface area contributed by atoms with E-state index in [0.29, 0.717) is 29.8 Å². The highest BCUT2D eigenvalue weighted by atomic mass is 16.7. The third-order valence-corrected chi connectivity index (χ3v) is 6.51. The maximum Gasteiger partial charge on any atom is 0.261 e. The van der Waals surface area contributed by atoms with Gasteiger partial charge in [0.25, 0.3) is 5.56 Å². The highest BCUT2D eigenvalue weighted by molar-refractivity contribution is 5.49. The first-order valence-corrected chi connectivity index (χ1v) is 11.2. The van der Waals surface area contributed by atoms with Crippen LogP contribution < -0.4 is 10.3 Å². The molecule has 2 aromatic carbocycles. The summed E-state index contributed by atoms with van der Waals surface area (Å²) in [6.45, 7) is 4.58. The van der Waals surface area contributed by atoms with Gasteiger partial charge in [0.05, 0.1) is 23.7 Å². The minimum atomic E-state index is -0.806. The summed E-state index contributed by atoms with van der Waals surface area (Å²) >= 11 is 0. The number of unbranched alkanes of at least 4 members (excludes halogenated alkanes) is 1. The summed E-state index contributed by atoms with van der Waals surface area (Å²) in [5.74, 6) is -0.182. The Morgan fingerprint density at radius 1 is 1.19 bits per heavy atom. The average molecular weight is 427 g/mol. The minimum absolute atomic E-state index is 0.0878. The molecule has 0 radical (unpaired) electrons. The molecule has 32 heavy (non-hydrogen) atoms. The maximum atomic E-state index is 13.7. The standard InChI is InChI=1S/C27H26N2O3/c1-3-4-12-27-15-21-14-20(16-28)10-11-22(21)25(32-27)24-23(31-27)13-18(2)29(26(24)30)17-19-8-6-5-7-9-19/h5-11,13-14,25H,3-4,12,15,17H2,1-2H3/t25?,27-/m1/s1. The zero-order chi connectivity index (χ0) is 22.3. The van der Waals surface area contributed by atoms with Gasteiger partial charge < -0.3 is 14.0 Å². The number of pyridine rings is 1. The number of nitrogens with zero attached hydrogens (tertiary/aromatic N) is 2. The van der Waals surface area contributed by atoms with Gasteiger partial charge in [0.2, 0.25) is 5.79 Å². The van der Waals surface area contributed by atoms with Crippen molar-refractivity contribution in [3.63, 3.8) is 0 Å². The normalized spacial score (nSPS) is 20.6. The molecule has 0 aliphatic carbocycles. The number of benzene rings is 2. The molecule has 2 atom stereocenters. The second-order valence-corrected chi connectivity index (χ2v) is 8.76. The number of hydrogen-bond acceptors (Lipinski definition) is 4. The number of aryl methyl sites for hydroxylation is 1. The maximum absolute atomic E-state index is 13.7. The number of rotatable bonds is 5. The lowest BCUT2D eigenvalue weighted by atomic mass is 9.84. The summed E-state index contributed by atoms with van der Waals surface area (Å²) in [5.41, 5.74) is 4.97. The van der Waals surface area contributed by atoms with Gasteiger partial charge in [-0.05, 0) is 42.2 Å². The fourth-order valence-electron chi connectivity index (χ4n) is 4.86. The number of aromatic nitrogens is 1. The lowest BCUT2D eigenvalue weighted by molar-refractivity contribution is -0.232. The van der Waals surface area contributed by atoms with E-state index in [4.69, 9.17) is 9.47 Å². The highest BCUT2D eigenvalue weighted by Crippen LogP contribution is 2.49. The van der Waals surface area contributed by atoms with E-state index < -0.39 is 11.9 Å². The molecule has 2 bridgehead atoms. The summed E-state index contributed by atoms with van der Waals surface area (Å²) in [5, 5.41) is 9.39. The monoisotopic (exact) mass is 426 g/mol. The van der Waals surface area contributed by atoms with Gasteiger partial charge >= 0.3 is 0 Å². The topological polar surface area (TPSA) is 64.2 Å². The first-order chi connectivity index (χ1) is 15.5. The molecule has 3 heterocycles. The minimum Gasteiger partial charge on any atom is -0.461 e. The smallest absolute Gasteiger partial charge is 0.261 e. The zero-order valence-electron chi connectivity index (χ0n) is 18.4. The van der Waals surface area contributed by atoms with Gasteiger partial charge in [-0.3, -0.25) is 4.79 Å². The molecule has 5 nitrogen and oxygen atoms in total. The third-order valence-electron chi connectivity index (χ3n) is 6.51. The van der Waals surface area contributed by atoms with E-state index in [-0.39, 0.29) is 5.56 Å². The van der Waals surface area contributed by atoms with E-state index >= 15 is 0 Å². The van der Waals surface area contributed by atoms with Crippen molar-refractivity contribution < 1.29 is 9.47 Å².